The molecule has 0 N–H and O–H groups in total. The van der Waals surface area contributed by atoms with Crippen LogP contribution in [0.15, 0.2) is 33.7 Å². The molecule has 0 fully saturated rings. The second-order valence-electron chi connectivity index (χ2n) is 4.19. The second kappa shape index (κ2) is 5.34. The number of hydrogen-bond acceptors (Lipinski definition) is 4. The molecule has 4 nitrogen and oxygen atoms in total. The van der Waals surface area contributed by atoms with Crippen molar-refractivity contribution in [2.24, 2.45) is 0 Å². The number of rotatable bonds is 3. The van der Waals surface area contributed by atoms with Crippen LogP contribution in [0.2, 0.25) is 0 Å². The fourth-order valence-corrected chi connectivity index (χ4v) is 3.00. The Morgan fingerprint density at radius 3 is 2.43 bits per heavy atom. The molecular weight excluding hydrogens is 331 g/mol. The fraction of sp³-hybridized carbons (Fsp3) is 0.250. The van der Waals surface area contributed by atoms with Crippen LogP contribution in [0.3, 0.4) is 0 Å². The van der Waals surface area contributed by atoms with E-state index in [4.69, 9.17) is 10.7 Å². The van der Waals surface area contributed by atoms with Gasteiger partial charge in [0.1, 0.15) is 5.69 Å². The van der Waals surface area contributed by atoms with Crippen LogP contribution in [-0.2, 0) is 21.6 Å². The summed E-state index contributed by atoms with van der Waals surface area (Å²) >= 11 is 0. The summed E-state index contributed by atoms with van der Waals surface area (Å²) in [6, 6.07) is 4.82. The smallest absolute Gasteiger partial charge is 0.351 e. The monoisotopic (exact) mass is 339 g/mol. The van der Waals surface area contributed by atoms with Crippen LogP contribution < -0.4 is 0 Å². The van der Waals surface area contributed by atoms with Crippen molar-refractivity contribution < 1.29 is 26.1 Å². The lowest BCUT2D eigenvalue weighted by Crippen LogP contribution is -2.02. The standard InChI is InChI=1S/C12H9ClF3NO3S/c1-2-7-3-4-8(5-10(7)21(13,18)19)9-6-11(20-17-9)12(14,15)16/h3-6H,2H2,1H3. The third-order valence-electron chi connectivity index (χ3n) is 2.80. The first-order chi connectivity index (χ1) is 9.63. The Bertz CT molecular complexity index is 768. The Morgan fingerprint density at radius 2 is 1.95 bits per heavy atom. The van der Waals surface area contributed by atoms with Gasteiger partial charge in [-0.1, -0.05) is 24.2 Å². The first-order valence-corrected chi connectivity index (χ1v) is 8.05. The van der Waals surface area contributed by atoms with Crippen molar-refractivity contribution in [3.8, 4) is 11.3 Å². The average molecular weight is 340 g/mol. The summed E-state index contributed by atoms with van der Waals surface area (Å²) in [5, 5.41) is 3.30. The molecule has 114 valence electrons. The van der Waals surface area contributed by atoms with Crippen LogP contribution in [0.25, 0.3) is 11.3 Å². The van der Waals surface area contributed by atoms with Crippen LogP contribution in [-0.4, -0.2) is 13.6 Å². The van der Waals surface area contributed by atoms with Crippen LogP contribution in [0.5, 0.6) is 0 Å². The van der Waals surface area contributed by atoms with Gasteiger partial charge in [-0.05, 0) is 18.1 Å². The lowest BCUT2D eigenvalue weighted by atomic mass is 10.1. The van der Waals surface area contributed by atoms with Gasteiger partial charge in [0, 0.05) is 22.3 Å². The van der Waals surface area contributed by atoms with Crippen molar-refractivity contribution in [1.82, 2.24) is 5.16 Å². The van der Waals surface area contributed by atoms with Crippen molar-refractivity contribution in [2.75, 3.05) is 0 Å². The molecule has 0 aliphatic carbocycles. The Labute approximate surface area is 122 Å². The van der Waals surface area contributed by atoms with Crippen molar-refractivity contribution in [3.05, 3.63) is 35.6 Å². The highest BCUT2D eigenvalue weighted by Gasteiger charge is 2.36. The summed E-state index contributed by atoms with van der Waals surface area (Å²) in [5.74, 6) is -1.26. The Kier molecular flexibility index (Phi) is 4.03. The van der Waals surface area contributed by atoms with Crippen molar-refractivity contribution in [2.45, 2.75) is 24.4 Å². The van der Waals surface area contributed by atoms with Gasteiger partial charge < -0.3 is 4.52 Å². The van der Waals surface area contributed by atoms with E-state index >= 15 is 0 Å². The summed E-state index contributed by atoms with van der Waals surface area (Å²) < 4.78 is 64.6. The van der Waals surface area contributed by atoms with Gasteiger partial charge in [0.25, 0.3) is 9.05 Å². The summed E-state index contributed by atoms with van der Waals surface area (Å²) in [5.41, 5.74) is 0.519. The average Bonchev–Trinajstić information content (AvgIpc) is 2.86. The molecule has 1 aromatic heterocycles. The molecule has 0 bridgehead atoms. The molecule has 1 heterocycles. The molecule has 0 saturated carbocycles. The Balaban J connectivity index is 2.53. The topological polar surface area (TPSA) is 60.2 Å². The van der Waals surface area contributed by atoms with Gasteiger partial charge in [-0.2, -0.15) is 13.2 Å². The summed E-state index contributed by atoms with van der Waals surface area (Å²) in [7, 11) is 1.32. The zero-order valence-corrected chi connectivity index (χ0v) is 12.2. The first-order valence-electron chi connectivity index (χ1n) is 5.75. The minimum Gasteiger partial charge on any atom is -0.351 e. The van der Waals surface area contributed by atoms with E-state index in [1.165, 1.54) is 18.2 Å². The SMILES string of the molecule is CCc1ccc(-c2cc(C(F)(F)F)on2)cc1S(=O)(=O)Cl. The minimum absolute atomic E-state index is 0.119. The van der Waals surface area contributed by atoms with Gasteiger partial charge in [0.2, 0.25) is 5.76 Å². The van der Waals surface area contributed by atoms with Crippen molar-refractivity contribution >= 4 is 19.7 Å². The number of nitrogens with zero attached hydrogens (tertiary/aromatic N) is 1. The largest absolute Gasteiger partial charge is 0.452 e. The lowest BCUT2D eigenvalue weighted by Gasteiger charge is -2.06. The van der Waals surface area contributed by atoms with E-state index < -0.39 is 21.0 Å². The third kappa shape index (κ3) is 3.38. The molecule has 0 aliphatic heterocycles. The van der Waals surface area contributed by atoms with Crippen LogP contribution in [0, 0.1) is 0 Å². The quantitative estimate of drug-likeness (QED) is 0.797. The number of aryl methyl sites for hydroxylation is 1. The summed E-state index contributed by atoms with van der Waals surface area (Å²) in [4.78, 5) is -0.152. The molecule has 2 aromatic rings. The molecule has 2 rings (SSSR count). The van der Waals surface area contributed by atoms with Gasteiger partial charge in [-0.25, -0.2) is 8.42 Å². The molecule has 1 aromatic carbocycles. The Morgan fingerprint density at radius 1 is 1.29 bits per heavy atom. The highest BCUT2D eigenvalue weighted by Crippen LogP contribution is 2.33. The summed E-state index contributed by atoms with van der Waals surface area (Å²) in [6.45, 7) is 1.73. The minimum atomic E-state index is -4.66. The van der Waals surface area contributed by atoms with Crippen molar-refractivity contribution in [1.29, 1.82) is 0 Å². The van der Waals surface area contributed by atoms with E-state index in [-0.39, 0.29) is 16.2 Å². The normalized spacial score (nSPS) is 12.6. The van der Waals surface area contributed by atoms with Gasteiger partial charge in [0.05, 0.1) is 4.90 Å². The third-order valence-corrected chi connectivity index (χ3v) is 4.20. The first kappa shape index (κ1) is 15.8. The van der Waals surface area contributed by atoms with E-state index in [1.54, 1.807) is 6.92 Å². The zero-order chi connectivity index (χ0) is 15.8. The predicted molar refractivity (Wildman–Crippen MR) is 69.4 cm³/mol. The van der Waals surface area contributed by atoms with Gasteiger partial charge in [0.15, 0.2) is 0 Å². The highest BCUT2D eigenvalue weighted by atomic mass is 35.7. The van der Waals surface area contributed by atoms with Gasteiger partial charge in [-0.15, -0.1) is 0 Å². The lowest BCUT2D eigenvalue weighted by molar-refractivity contribution is -0.155. The van der Waals surface area contributed by atoms with Crippen LogP contribution in [0.4, 0.5) is 13.2 Å². The maximum absolute atomic E-state index is 12.5. The van der Waals surface area contributed by atoms with E-state index in [0.717, 1.165) is 0 Å². The molecule has 0 radical (unpaired) electrons. The van der Waals surface area contributed by atoms with Gasteiger partial charge >= 0.3 is 6.18 Å². The second-order valence-corrected chi connectivity index (χ2v) is 6.72. The van der Waals surface area contributed by atoms with E-state index in [2.05, 4.69) is 9.68 Å². The van der Waals surface area contributed by atoms with E-state index in [9.17, 15) is 21.6 Å². The number of halogens is 4. The Hall–Kier alpha value is -1.54. The highest BCUT2D eigenvalue weighted by molar-refractivity contribution is 8.13. The molecule has 21 heavy (non-hydrogen) atoms. The number of hydrogen-bond donors (Lipinski definition) is 0. The van der Waals surface area contributed by atoms with Gasteiger partial charge in [-0.3, -0.25) is 0 Å². The molecular formula is C12H9ClF3NO3S. The van der Waals surface area contributed by atoms with Crippen LogP contribution in [0.1, 0.15) is 18.2 Å². The molecule has 0 aliphatic rings. The predicted octanol–water partition coefficient (Wildman–Crippen LogP) is 3.85. The summed E-state index contributed by atoms with van der Waals surface area (Å²) in [6.07, 6.45) is -4.25. The molecule has 0 atom stereocenters. The van der Waals surface area contributed by atoms with Crippen LogP contribution >= 0.6 is 10.7 Å². The number of alkyl halides is 3. The maximum Gasteiger partial charge on any atom is 0.452 e. The van der Waals surface area contributed by atoms with Crippen molar-refractivity contribution in [3.63, 3.8) is 0 Å². The molecule has 0 spiro atoms. The number of benzene rings is 1. The fourth-order valence-electron chi connectivity index (χ4n) is 1.78. The number of aromatic nitrogens is 1. The molecule has 0 saturated heterocycles. The van der Waals surface area contributed by atoms with E-state index in [1.807, 2.05) is 0 Å². The molecule has 0 unspecified atom stereocenters. The molecule has 0 amide bonds. The molecule has 9 heteroatoms. The maximum atomic E-state index is 12.5. The zero-order valence-electron chi connectivity index (χ0n) is 10.6. The van der Waals surface area contributed by atoms with E-state index in [0.29, 0.717) is 18.1 Å².